The number of hydrogen-bond donors (Lipinski definition) is 1. The van der Waals surface area contributed by atoms with Crippen molar-refractivity contribution in [2.24, 2.45) is 11.8 Å². The molecule has 0 aromatic heterocycles. The Labute approximate surface area is 239 Å². The Morgan fingerprint density at radius 3 is 2.58 bits per heavy atom. The summed E-state index contributed by atoms with van der Waals surface area (Å²) < 4.78 is 9.95. The van der Waals surface area contributed by atoms with Crippen LogP contribution in [0.15, 0.2) is 67.3 Å². The minimum absolute atomic E-state index is 0.0824. The molecule has 9 heteroatoms. The highest BCUT2D eigenvalue weighted by Crippen LogP contribution is 2.67. The van der Waals surface area contributed by atoms with Gasteiger partial charge < -0.3 is 24.4 Å². The molecule has 3 fully saturated rings. The van der Waals surface area contributed by atoms with E-state index in [1.54, 1.807) is 53.8 Å². The second-order valence-corrected chi connectivity index (χ2v) is 12.1. The third-order valence-corrected chi connectivity index (χ3v) is 10.4. The molecule has 2 aromatic carbocycles. The highest BCUT2D eigenvalue weighted by molar-refractivity contribution is 8.02. The quantitative estimate of drug-likeness (QED) is 0.330. The van der Waals surface area contributed by atoms with E-state index in [1.165, 1.54) is 0 Å². The van der Waals surface area contributed by atoms with Crippen LogP contribution < -0.4 is 9.64 Å². The molecule has 3 saturated heterocycles. The van der Waals surface area contributed by atoms with Crippen molar-refractivity contribution in [3.05, 3.63) is 72.8 Å². The van der Waals surface area contributed by atoms with Crippen LogP contribution in [-0.4, -0.2) is 76.7 Å². The average Bonchev–Trinajstić information content (AvgIpc) is 3.62. The first-order chi connectivity index (χ1) is 19.4. The van der Waals surface area contributed by atoms with Crippen LogP contribution in [0, 0.1) is 11.8 Å². The number of benzene rings is 2. The van der Waals surface area contributed by atoms with Crippen LogP contribution in [0.25, 0.3) is 0 Å². The summed E-state index contributed by atoms with van der Waals surface area (Å²) >= 11 is 1.59. The summed E-state index contributed by atoms with van der Waals surface area (Å²) in [6, 6.07) is 15.3. The zero-order chi connectivity index (χ0) is 28.4. The number of thioether (sulfide) groups is 1. The molecule has 2 unspecified atom stereocenters. The highest BCUT2D eigenvalue weighted by atomic mass is 32.2. The molecule has 1 N–H and O–H groups in total. The Kier molecular flexibility index (Phi) is 8.24. The van der Waals surface area contributed by atoms with E-state index in [1.807, 2.05) is 42.5 Å². The van der Waals surface area contributed by atoms with Crippen molar-refractivity contribution in [3.63, 3.8) is 0 Å². The summed E-state index contributed by atoms with van der Waals surface area (Å²) in [6.45, 7) is 5.78. The predicted molar refractivity (Wildman–Crippen MR) is 154 cm³/mol. The Balaban J connectivity index is 1.59. The van der Waals surface area contributed by atoms with Crippen molar-refractivity contribution in [1.29, 1.82) is 0 Å². The molecular weight excluding hydrogens is 528 g/mol. The van der Waals surface area contributed by atoms with E-state index in [9.17, 15) is 19.5 Å². The van der Waals surface area contributed by atoms with Gasteiger partial charge in [-0.3, -0.25) is 14.4 Å². The lowest BCUT2D eigenvalue weighted by atomic mass is 9.71. The third-order valence-electron chi connectivity index (χ3n) is 8.41. The maximum Gasteiger partial charge on any atom is 0.310 e. The minimum Gasteiger partial charge on any atom is -0.497 e. The fraction of sp³-hybridized carbons (Fsp3) is 0.452. The minimum atomic E-state index is -0.859. The monoisotopic (exact) mass is 564 g/mol. The van der Waals surface area contributed by atoms with Crippen LogP contribution in [-0.2, 0) is 25.5 Å². The molecule has 2 amide bonds. The molecule has 1 spiro atoms. The highest BCUT2D eigenvalue weighted by Gasteiger charge is 2.74. The lowest BCUT2D eigenvalue weighted by molar-refractivity contribution is -0.154. The molecule has 3 heterocycles. The van der Waals surface area contributed by atoms with Gasteiger partial charge in [-0.25, -0.2) is 0 Å². The topological polar surface area (TPSA) is 96.4 Å². The van der Waals surface area contributed by atoms with Gasteiger partial charge >= 0.3 is 5.97 Å². The molecule has 2 bridgehead atoms. The van der Waals surface area contributed by atoms with Crippen LogP contribution in [0.3, 0.4) is 0 Å². The SMILES string of the molecule is C=CCN(C(=O)C1N([C@@H](CO)Cc2ccccc2)C(=O)[C@@H]2[C@@H](C(=O)OCC)[C@H]3CCC12S3)c1ccc(OC)cc1. The molecule has 6 atom stereocenters. The van der Waals surface area contributed by atoms with E-state index >= 15 is 0 Å². The molecule has 3 aliphatic rings. The normalized spacial score (nSPS) is 27.3. The smallest absolute Gasteiger partial charge is 0.310 e. The molecule has 0 saturated carbocycles. The summed E-state index contributed by atoms with van der Waals surface area (Å²) in [5.41, 5.74) is 1.60. The van der Waals surface area contributed by atoms with E-state index in [0.29, 0.717) is 24.3 Å². The van der Waals surface area contributed by atoms with Crippen LogP contribution in [0.4, 0.5) is 5.69 Å². The van der Waals surface area contributed by atoms with Gasteiger partial charge in [0, 0.05) is 17.5 Å². The van der Waals surface area contributed by atoms with Gasteiger partial charge in [-0.1, -0.05) is 36.4 Å². The van der Waals surface area contributed by atoms with Gasteiger partial charge in [0.05, 0.1) is 42.9 Å². The summed E-state index contributed by atoms with van der Waals surface area (Å²) in [5, 5.41) is 10.5. The second-order valence-electron chi connectivity index (χ2n) is 10.5. The van der Waals surface area contributed by atoms with Gasteiger partial charge in [0.15, 0.2) is 0 Å². The number of carbonyl (C=O) groups is 3. The van der Waals surface area contributed by atoms with E-state index in [0.717, 1.165) is 12.0 Å². The average molecular weight is 565 g/mol. The predicted octanol–water partition coefficient (Wildman–Crippen LogP) is 3.47. The van der Waals surface area contributed by atoms with Gasteiger partial charge in [0.1, 0.15) is 11.8 Å². The van der Waals surface area contributed by atoms with Crippen LogP contribution in [0.5, 0.6) is 5.75 Å². The molecule has 0 aliphatic carbocycles. The fourth-order valence-corrected chi connectivity index (χ4v) is 8.96. The zero-order valence-electron chi connectivity index (χ0n) is 22.9. The van der Waals surface area contributed by atoms with Crippen LogP contribution in [0.2, 0.25) is 0 Å². The third kappa shape index (κ3) is 4.69. The van der Waals surface area contributed by atoms with Crippen LogP contribution in [0.1, 0.15) is 25.3 Å². The first-order valence-corrected chi connectivity index (χ1v) is 14.7. The summed E-state index contributed by atoms with van der Waals surface area (Å²) in [6.07, 6.45) is 3.40. The zero-order valence-corrected chi connectivity index (χ0v) is 23.7. The Hall–Kier alpha value is -3.30. The van der Waals surface area contributed by atoms with Gasteiger partial charge in [-0.15, -0.1) is 18.3 Å². The number of ether oxygens (including phenoxy) is 2. The van der Waals surface area contributed by atoms with Crippen molar-refractivity contribution >= 4 is 35.2 Å². The molecule has 0 radical (unpaired) electrons. The molecule has 3 aliphatic heterocycles. The first-order valence-electron chi connectivity index (χ1n) is 13.8. The first kappa shape index (κ1) is 28.2. The van der Waals surface area contributed by atoms with Crippen molar-refractivity contribution in [2.45, 2.75) is 48.3 Å². The van der Waals surface area contributed by atoms with Gasteiger partial charge in [0.25, 0.3) is 5.91 Å². The number of likely N-dealkylation sites (tertiary alicyclic amines) is 1. The van der Waals surface area contributed by atoms with E-state index in [2.05, 4.69) is 6.58 Å². The molecule has 2 aromatic rings. The molecule has 8 nitrogen and oxygen atoms in total. The number of methoxy groups -OCH3 is 1. The number of aliphatic hydroxyl groups is 1. The van der Waals surface area contributed by atoms with Crippen molar-refractivity contribution in [1.82, 2.24) is 4.90 Å². The second kappa shape index (κ2) is 11.7. The molecular formula is C31H36N2O6S. The number of nitrogens with zero attached hydrogens (tertiary/aromatic N) is 2. The largest absolute Gasteiger partial charge is 0.497 e. The van der Waals surface area contributed by atoms with Crippen molar-refractivity contribution < 1.29 is 29.0 Å². The maximum absolute atomic E-state index is 14.7. The van der Waals surface area contributed by atoms with Gasteiger partial charge in [0.2, 0.25) is 5.91 Å². The van der Waals surface area contributed by atoms with E-state index < -0.39 is 28.7 Å². The summed E-state index contributed by atoms with van der Waals surface area (Å²) in [7, 11) is 1.58. The number of esters is 1. The van der Waals surface area contributed by atoms with Gasteiger partial charge in [-0.2, -0.15) is 0 Å². The molecule has 212 valence electrons. The number of aliphatic hydroxyl groups excluding tert-OH is 1. The Morgan fingerprint density at radius 1 is 1.23 bits per heavy atom. The Bertz CT molecular complexity index is 1250. The van der Waals surface area contributed by atoms with Crippen molar-refractivity contribution in [3.8, 4) is 5.75 Å². The lowest BCUT2D eigenvalue weighted by Gasteiger charge is -2.39. The van der Waals surface area contributed by atoms with E-state index in [-0.39, 0.29) is 42.8 Å². The number of anilines is 1. The van der Waals surface area contributed by atoms with E-state index in [4.69, 9.17) is 9.47 Å². The van der Waals surface area contributed by atoms with Crippen LogP contribution >= 0.6 is 11.8 Å². The summed E-state index contributed by atoms with van der Waals surface area (Å²) in [5.74, 6) is -1.52. The molecule has 5 rings (SSSR count). The molecule has 40 heavy (non-hydrogen) atoms. The maximum atomic E-state index is 14.7. The number of hydrogen-bond acceptors (Lipinski definition) is 7. The number of carbonyl (C=O) groups excluding carboxylic acids is 3. The lowest BCUT2D eigenvalue weighted by Crippen LogP contribution is -2.58. The van der Waals surface area contributed by atoms with Crippen molar-refractivity contribution in [2.75, 3.05) is 31.8 Å². The summed E-state index contributed by atoms with van der Waals surface area (Å²) in [4.78, 5) is 45.5. The Morgan fingerprint density at radius 2 is 1.95 bits per heavy atom. The number of rotatable bonds is 11. The number of fused-ring (bicyclic) bond motifs is 1. The standard InChI is InChI=1S/C31H36N2O6S/c1-4-17-32(21-11-13-23(38-3)14-12-21)29(36)27-31-16-15-24(40-31)25(30(37)39-5-2)26(31)28(35)33(27)22(19-34)18-20-9-7-6-8-10-20/h4,6-14,22,24-27,34H,1,5,15-19H2,2-3H3/t22-,24-,25+,26+,27?,31?/m1/s1. The number of amides is 2. The van der Waals surface area contributed by atoms with Gasteiger partial charge in [-0.05, 0) is 56.0 Å². The fourth-order valence-electron chi connectivity index (χ4n) is 6.77.